The highest BCUT2D eigenvalue weighted by molar-refractivity contribution is 5.35. The van der Waals surface area contributed by atoms with Crippen molar-refractivity contribution in [3.05, 3.63) is 39.7 Å². The second-order valence-corrected chi connectivity index (χ2v) is 5.14. The summed E-state index contributed by atoms with van der Waals surface area (Å²) in [5, 5.41) is 13.8. The van der Waals surface area contributed by atoms with E-state index in [0.29, 0.717) is 18.0 Å². The molecule has 4 nitrogen and oxygen atoms in total. The van der Waals surface area contributed by atoms with Crippen molar-refractivity contribution < 1.29 is 9.31 Å². The predicted molar refractivity (Wildman–Crippen MR) is 73.5 cm³/mol. The van der Waals surface area contributed by atoms with Crippen LogP contribution in [0.2, 0.25) is 0 Å². The molecule has 0 saturated carbocycles. The summed E-state index contributed by atoms with van der Waals surface area (Å²) in [6.45, 7) is 5.69. The summed E-state index contributed by atoms with van der Waals surface area (Å²) < 4.78 is 13.2. The van der Waals surface area contributed by atoms with Gasteiger partial charge in [-0.2, -0.15) is 0 Å². The smallest absolute Gasteiger partial charge is 0.272 e. The molecule has 1 aromatic carbocycles. The van der Waals surface area contributed by atoms with Gasteiger partial charge < -0.3 is 5.32 Å². The third-order valence-corrected chi connectivity index (χ3v) is 2.87. The second kappa shape index (κ2) is 7.84. The fourth-order valence-corrected chi connectivity index (χ4v) is 1.88. The molecule has 1 aromatic rings. The minimum atomic E-state index is -0.574. The third kappa shape index (κ3) is 6.29. The first-order valence-electron chi connectivity index (χ1n) is 6.63. The Kier molecular flexibility index (Phi) is 6.42. The van der Waals surface area contributed by atoms with Crippen molar-refractivity contribution in [2.24, 2.45) is 5.92 Å². The second-order valence-electron chi connectivity index (χ2n) is 5.14. The van der Waals surface area contributed by atoms with Gasteiger partial charge in [-0.05, 0) is 30.5 Å². The lowest BCUT2D eigenvalue weighted by Gasteiger charge is -2.06. The van der Waals surface area contributed by atoms with Crippen molar-refractivity contribution in [2.75, 3.05) is 6.54 Å². The van der Waals surface area contributed by atoms with Crippen LogP contribution >= 0.6 is 0 Å². The van der Waals surface area contributed by atoms with Gasteiger partial charge in [0.15, 0.2) is 0 Å². The lowest BCUT2D eigenvalue weighted by molar-refractivity contribution is -0.385. The van der Waals surface area contributed by atoms with Gasteiger partial charge in [0.05, 0.1) is 11.0 Å². The Bertz CT molecular complexity index is 422. The SMILES string of the molecule is CC(C)CCCCNCc1cc(F)cc([N+](=O)[O-])c1. The Labute approximate surface area is 113 Å². The number of rotatable bonds is 8. The van der Waals surface area contributed by atoms with Crippen molar-refractivity contribution in [1.29, 1.82) is 0 Å². The molecule has 0 aliphatic rings. The Balaban J connectivity index is 2.35. The standard InChI is InChI=1S/C14H21FN2O2/c1-11(2)5-3-4-6-16-10-12-7-13(15)9-14(8-12)17(18)19/h7-9,11,16H,3-6,10H2,1-2H3. The third-order valence-electron chi connectivity index (χ3n) is 2.87. The highest BCUT2D eigenvalue weighted by atomic mass is 19.1. The number of nitro groups is 1. The summed E-state index contributed by atoms with van der Waals surface area (Å²) in [6.07, 6.45) is 3.43. The molecule has 0 fully saturated rings. The average Bonchev–Trinajstić information content (AvgIpc) is 2.32. The van der Waals surface area contributed by atoms with Crippen LogP contribution in [-0.2, 0) is 6.54 Å². The molecule has 0 bridgehead atoms. The Morgan fingerprint density at radius 1 is 1.32 bits per heavy atom. The minimum absolute atomic E-state index is 0.198. The fourth-order valence-electron chi connectivity index (χ4n) is 1.88. The van der Waals surface area contributed by atoms with Crippen LogP contribution in [0.5, 0.6) is 0 Å². The number of hydrogen-bond acceptors (Lipinski definition) is 3. The molecule has 19 heavy (non-hydrogen) atoms. The van der Waals surface area contributed by atoms with Crippen LogP contribution in [-0.4, -0.2) is 11.5 Å². The molecule has 0 amide bonds. The highest BCUT2D eigenvalue weighted by Gasteiger charge is 2.09. The molecule has 0 unspecified atom stereocenters. The quantitative estimate of drug-likeness (QED) is 0.445. The molecule has 0 heterocycles. The van der Waals surface area contributed by atoms with Gasteiger partial charge in [-0.15, -0.1) is 0 Å². The Hall–Kier alpha value is -1.49. The minimum Gasteiger partial charge on any atom is -0.313 e. The molecule has 1 N–H and O–H groups in total. The van der Waals surface area contributed by atoms with E-state index in [2.05, 4.69) is 19.2 Å². The average molecular weight is 268 g/mol. The van der Waals surface area contributed by atoms with Gasteiger partial charge in [0.2, 0.25) is 0 Å². The van der Waals surface area contributed by atoms with Crippen molar-refractivity contribution in [3.8, 4) is 0 Å². The molecule has 1 rings (SSSR count). The zero-order valence-corrected chi connectivity index (χ0v) is 11.5. The molecule has 0 aliphatic heterocycles. The van der Waals surface area contributed by atoms with Crippen molar-refractivity contribution in [1.82, 2.24) is 5.32 Å². The number of hydrogen-bond donors (Lipinski definition) is 1. The van der Waals surface area contributed by atoms with Gasteiger partial charge in [-0.3, -0.25) is 10.1 Å². The zero-order chi connectivity index (χ0) is 14.3. The lowest BCUT2D eigenvalue weighted by Crippen LogP contribution is -2.15. The summed E-state index contributed by atoms with van der Waals surface area (Å²) in [7, 11) is 0. The highest BCUT2D eigenvalue weighted by Crippen LogP contribution is 2.16. The molecule has 0 atom stereocenters. The fraction of sp³-hybridized carbons (Fsp3) is 0.571. The number of halogens is 1. The number of unbranched alkanes of at least 4 members (excludes halogenated alkanes) is 1. The summed E-state index contributed by atoms with van der Waals surface area (Å²) in [4.78, 5) is 10.0. The normalized spacial score (nSPS) is 10.9. The number of nitrogens with one attached hydrogen (secondary N) is 1. The molecule has 0 aliphatic carbocycles. The molecule has 0 saturated heterocycles. The number of nitro benzene ring substituents is 1. The molecular formula is C14H21FN2O2. The van der Waals surface area contributed by atoms with Crippen LogP contribution in [0.1, 0.15) is 38.7 Å². The number of nitrogens with zero attached hydrogens (tertiary/aromatic N) is 1. The van der Waals surface area contributed by atoms with Crippen LogP contribution in [0.15, 0.2) is 18.2 Å². The summed E-state index contributed by atoms with van der Waals surface area (Å²) in [6, 6.07) is 3.67. The van der Waals surface area contributed by atoms with Crippen LogP contribution in [0, 0.1) is 21.8 Å². The topological polar surface area (TPSA) is 55.2 Å². The van der Waals surface area contributed by atoms with Gasteiger partial charge in [0.25, 0.3) is 5.69 Å². The van der Waals surface area contributed by atoms with Crippen LogP contribution in [0.3, 0.4) is 0 Å². The first kappa shape index (κ1) is 15.6. The monoisotopic (exact) mass is 268 g/mol. The molecule has 0 radical (unpaired) electrons. The van der Waals surface area contributed by atoms with E-state index in [1.165, 1.54) is 18.6 Å². The molecule has 0 spiro atoms. The lowest BCUT2D eigenvalue weighted by atomic mass is 10.1. The van der Waals surface area contributed by atoms with E-state index in [0.717, 1.165) is 25.5 Å². The first-order chi connectivity index (χ1) is 8.99. The van der Waals surface area contributed by atoms with Crippen LogP contribution < -0.4 is 5.32 Å². The van der Waals surface area contributed by atoms with Gasteiger partial charge in [0, 0.05) is 12.6 Å². The molecule has 5 heteroatoms. The molecule has 0 aromatic heterocycles. The summed E-state index contributed by atoms with van der Waals surface area (Å²) >= 11 is 0. The zero-order valence-electron chi connectivity index (χ0n) is 11.5. The number of non-ortho nitro benzene ring substituents is 1. The summed E-state index contributed by atoms with van der Waals surface area (Å²) in [5.41, 5.74) is 0.409. The van der Waals surface area contributed by atoms with Gasteiger partial charge in [-0.25, -0.2) is 4.39 Å². The van der Waals surface area contributed by atoms with E-state index in [4.69, 9.17) is 0 Å². The van der Waals surface area contributed by atoms with Crippen LogP contribution in [0.4, 0.5) is 10.1 Å². The Morgan fingerprint density at radius 3 is 2.68 bits per heavy atom. The number of benzene rings is 1. The van der Waals surface area contributed by atoms with E-state index in [9.17, 15) is 14.5 Å². The Morgan fingerprint density at radius 2 is 2.05 bits per heavy atom. The predicted octanol–water partition coefficient (Wildman–Crippen LogP) is 3.65. The van der Waals surface area contributed by atoms with E-state index < -0.39 is 10.7 Å². The van der Waals surface area contributed by atoms with Crippen LogP contribution in [0.25, 0.3) is 0 Å². The maximum absolute atomic E-state index is 13.2. The first-order valence-corrected chi connectivity index (χ1v) is 6.63. The van der Waals surface area contributed by atoms with Crippen molar-refractivity contribution in [2.45, 2.75) is 39.7 Å². The van der Waals surface area contributed by atoms with E-state index >= 15 is 0 Å². The van der Waals surface area contributed by atoms with Gasteiger partial charge >= 0.3 is 0 Å². The molecular weight excluding hydrogens is 247 g/mol. The van der Waals surface area contributed by atoms with E-state index in [1.807, 2.05) is 0 Å². The van der Waals surface area contributed by atoms with E-state index in [-0.39, 0.29) is 5.69 Å². The maximum atomic E-state index is 13.2. The molecule has 106 valence electrons. The van der Waals surface area contributed by atoms with Gasteiger partial charge in [0.1, 0.15) is 5.82 Å². The maximum Gasteiger partial charge on any atom is 0.272 e. The van der Waals surface area contributed by atoms with Crippen molar-refractivity contribution in [3.63, 3.8) is 0 Å². The largest absolute Gasteiger partial charge is 0.313 e. The summed E-state index contributed by atoms with van der Waals surface area (Å²) in [5.74, 6) is 0.150. The van der Waals surface area contributed by atoms with Gasteiger partial charge in [-0.1, -0.05) is 26.7 Å². The van der Waals surface area contributed by atoms with E-state index in [1.54, 1.807) is 0 Å². The van der Waals surface area contributed by atoms with Crippen molar-refractivity contribution >= 4 is 5.69 Å².